The third kappa shape index (κ3) is 3.43. The van der Waals surface area contributed by atoms with Crippen LogP contribution in [0.25, 0.3) is 28.1 Å². The zero-order valence-corrected chi connectivity index (χ0v) is 16.9. The third-order valence-electron chi connectivity index (χ3n) is 4.72. The Morgan fingerprint density at radius 3 is 2.07 bits per heavy atom. The van der Waals surface area contributed by atoms with Crippen LogP contribution in [0.5, 0.6) is 5.75 Å². The van der Waals surface area contributed by atoms with Crippen LogP contribution in [0, 0.1) is 6.92 Å². The molecule has 0 N–H and O–H groups in total. The molecule has 0 atom stereocenters. The second-order valence-electron chi connectivity index (χ2n) is 6.45. The molecule has 27 heavy (non-hydrogen) atoms. The van der Waals surface area contributed by atoms with Gasteiger partial charge in [-0.25, -0.2) is 0 Å². The lowest BCUT2D eigenvalue weighted by Gasteiger charge is -2.14. The maximum absolute atomic E-state index is 5.34. The zero-order valence-electron chi connectivity index (χ0n) is 15.3. The van der Waals surface area contributed by atoms with E-state index in [1.807, 2.05) is 12.1 Å². The van der Waals surface area contributed by atoms with Crippen LogP contribution in [-0.4, -0.2) is 11.7 Å². The Hall–Kier alpha value is -2.78. The van der Waals surface area contributed by atoms with Crippen molar-refractivity contribution in [2.75, 3.05) is 7.11 Å². The predicted molar refractivity (Wildman–Crippen MR) is 116 cm³/mol. The molecule has 0 fully saturated rings. The van der Waals surface area contributed by atoms with E-state index >= 15 is 0 Å². The molecule has 0 bridgehead atoms. The van der Waals surface area contributed by atoms with Gasteiger partial charge in [0.15, 0.2) is 0 Å². The highest BCUT2D eigenvalue weighted by Gasteiger charge is 2.17. The quantitative estimate of drug-likeness (QED) is 0.352. The van der Waals surface area contributed by atoms with E-state index in [1.54, 1.807) is 7.11 Å². The summed E-state index contributed by atoms with van der Waals surface area (Å²) in [6, 6.07) is 29.5. The number of aryl methyl sites for hydroxylation is 1. The van der Waals surface area contributed by atoms with Crippen molar-refractivity contribution in [3.05, 3.63) is 95.1 Å². The standard InChI is InChI=1S/C24H20BrNO/c1-17-16-23(18-6-4-3-5-7-18)24(19-8-14-22(27-2)15-9-19)26(17)21-12-10-20(25)11-13-21/h3-16H,1-2H3. The molecule has 0 aliphatic rings. The average Bonchev–Trinajstić information content (AvgIpc) is 3.06. The van der Waals surface area contributed by atoms with E-state index in [0.717, 1.165) is 21.5 Å². The minimum Gasteiger partial charge on any atom is -0.497 e. The summed E-state index contributed by atoms with van der Waals surface area (Å²) in [7, 11) is 1.69. The topological polar surface area (TPSA) is 14.2 Å². The summed E-state index contributed by atoms with van der Waals surface area (Å²) >= 11 is 3.53. The fraction of sp³-hybridized carbons (Fsp3) is 0.0833. The van der Waals surface area contributed by atoms with Crippen LogP contribution < -0.4 is 4.74 Å². The number of rotatable bonds is 4. The molecule has 0 aliphatic heterocycles. The fourth-order valence-corrected chi connectivity index (χ4v) is 3.70. The van der Waals surface area contributed by atoms with E-state index in [1.165, 1.54) is 22.5 Å². The maximum Gasteiger partial charge on any atom is 0.118 e. The zero-order chi connectivity index (χ0) is 18.8. The predicted octanol–water partition coefficient (Wildman–Crippen LogP) is 6.89. The van der Waals surface area contributed by atoms with Gasteiger partial charge in [0.25, 0.3) is 0 Å². The first-order chi connectivity index (χ1) is 13.2. The number of benzene rings is 3. The van der Waals surface area contributed by atoms with Gasteiger partial charge in [0.2, 0.25) is 0 Å². The Kier molecular flexibility index (Phi) is 4.87. The van der Waals surface area contributed by atoms with E-state index in [9.17, 15) is 0 Å². The van der Waals surface area contributed by atoms with Gasteiger partial charge in [-0.15, -0.1) is 0 Å². The second-order valence-corrected chi connectivity index (χ2v) is 7.37. The minimum atomic E-state index is 0.860. The highest BCUT2D eigenvalue weighted by Crippen LogP contribution is 2.38. The molecule has 4 aromatic rings. The molecular weight excluding hydrogens is 398 g/mol. The van der Waals surface area contributed by atoms with E-state index in [4.69, 9.17) is 4.74 Å². The minimum absolute atomic E-state index is 0.860. The van der Waals surface area contributed by atoms with E-state index in [-0.39, 0.29) is 0 Å². The van der Waals surface area contributed by atoms with Crippen molar-refractivity contribution >= 4 is 15.9 Å². The lowest BCUT2D eigenvalue weighted by molar-refractivity contribution is 0.415. The van der Waals surface area contributed by atoms with Crippen LogP contribution in [0.2, 0.25) is 0 Å². The number of nitrogens with zero attached hydrogens (tertiary/aromatic N) is 1. The molecule has 0 unspecified atom stereocenters. The molecule has 0 saturated heterocycles. The molecule has 134 valence electrons. The Morgan fingerprint density at radius 2 is 1.44 bits per heavy atom. The van der Waals surface area contributed by atoms with Crippen LogP contribution in [0.4, 0.5) is 0 Å². The van der Waals surface area contributed by atoms with Crippen molar-refractivity contribution in [3.63, 3.8) is 0 Å². The van der Waals surface area contributed by atoms with Crippen molar-refractivity contribution in [2.45, 2.75) is 6.92 Å². The number of ether oxygens (including phenoxy) is 1. The molecule has 3 aromatic carbocycles. The third-order valence-corrected chi connectivity index (χ3v) is 5.25. The van der Waals surface area contributed by atoms with Crippen molar-refractivity contribution < 1.29 is 4.74 Å². The molecular formula is C24H20BrNO. The van der Waals surface area contributed by atoms with Gasteiger partial charge in [-0.3, -0.25) is 0 Å². The highest BCUT2D eigenvalue weighted by atomic mass is 79.9. The summed E-state index contributed by atoms with van der Waals surface area (Å²) in [4.78, 5) is 0. The van der Waals surface area contributed by atoms with Gasteiger partial charge in [0.1, 0.15) is 5.75 Å². The van der Waals surface area contributed by atoms with Gasteiger partial charge in [0.05, 0.1) is 12.8 Å². The van der Waals surface area contributed by atoms with Gasteiger partial charge >= 0.3 is 0 Å². The molecule has 0 spiro atoms. The summed E-state index contributed by atoms with van der Waals surface area (Å²) < 4.78 is 8.73. The van der Waals surface area contributed by atoms with Crippen LogP contribution in [0.1, 0.15) is 5.69 Å². The molecule has 0 aliphatic carbocycles. The first-order valence-electron chi connectivity index (χ1n) is 8.85. The summed E-state index contributed by atoms with van der Waals surface area (Å²) in [6.45, 7) is 2.15. The van der Waals surface area contributed by atoms with Crippen molar-refractivity contribution in [3.8, 4) is 33.8 Å². The van der Waals surface area contributed by atoms with Crippen molar-refractivity contribution in [1.82, 2.24) is 4.57 Å². The fourth-order valence-electron chi connectivity index (χ4n) is 3.43. The van der Waals surface area contributed by atoms with Gasteiger partial charge in [-0.2, -0.15) is 0 Å². The normalized spacial score (nSPS) is 10.8. The number of aromatic nitrogens is 1. The van der Waals surface area contributed by atoms with Crippen LogP contribution >= 0.6 is 15.9 Å². The largest absolute Gasteiger partial charge is 0.497 e. The molecule has 0 amide bonds. The first kappa shape index (κ1) is 17.6. The summed E-state index contributed by atoms with van der Waals surface area (Å²) in [5, 5.41) is 0. The Labute approximate surface area is 168 Å². The van der Waals surface area contributed by atoms with E-state index in [0.29, 0.717) is 0 Å². The van der Waals surface area contributed by atoms with Crippen molar-refractivity contribution in [2.24, 2.45) is 0 Å². The molecule has 1 heterocycles. The first-order valence-corrected chi connectivity index (χ1v) is 9.65. The molecule has 0 radical (unpaired) electrons. The number of hydrogen-bond acceptors (Lipinski definition) is 1. The van der Waals surface area contributed by atoms with Crippen LogP contribution in [0.3, 0.4) is 0 Å². The SMILES string of the molecule is COc1ccc(-c2c(-c3ccccc3)cc(C)n2-c2ccc(Br)cc2)cc1. The van der Waals surface area contributed by atoms with Crippen LogP contribution in [0.15, 0.2) is 89.4 Å². The Balaban J connectivity index is 1.98. The van der Waals surface area contributed by atoms with Gasteiger partial charge < -0.3 is 9.30 Å². The number of methoxy groups -OCH3 is 1. The van der Waals surface area contributed by atoms with Crippen molar-refractivity contribution in [1.29, 1.82) is 0 Å². The summed E-state index contributed by atoms with van der Waals surface area (Å²) in [5.41, 5.74) is 7.11. The average molecular weight is 418 g/mol. The highest BCUT2D eigenvalue weighted by molar-refractivity contribution is 9.10. The Morgan fingerprint density at radius 1 is 0.778 bits per heavy atom. The molecule has 3 heteroatoms. The molecule has 0 saturated carbocycles. The Bertz CT molecular complexity index is 1050. The monoisotopic (exact) mass is 417 g/mol. The second kappa shape index (κ2) is 7.45. The maximum atomic E-state index is 5.34. The van der Waals surface area contributed by atoms with E-state index < -0.39 is 0 Å². The molecule has 4 rings (SSSR count). The van der Waals surface area contributed by atoms with Gasteiger partial charge in [0, 0.05) is 21.4 Å². The smallest absolute Gasteiger partial charge is 0.118 e. The van der Waals surface area contributed by atoms with Crippen LogP contribution in [-0.2, 0) is 0 Å². The molecule has 1 aromatic heterocycles. The molecule has 2 nitrogen and oxygen atoms in total. The van der Waals surface area contributed by atoms with Gasteiger partial charge in [-0.1, -0.05) is 46.3 Å². The van der Waals surface area contributed by atoms with E-state index in [2.05, 4.69) is 100 Å². The summed E-state index contributed by atoms with van der Waals surface area (Å²) in [6.07, 6.45) is 0. The number of hydrogen-bond donors (Lipinski definition) is 0. The summed E-state index contributed by atoms with van der Waals surface area (Å²) in [5.74, 6) is 0.860. The lowest BCUT2D eigenvalue weighted by Crippen LogP contribution is -1.99. The number of halogens is 1. The lowest BCUT2D eigenvalue weighted by atomic mass is 10.0. The van der Waals surface area contributed by atoms with Gasteiger partial charge in [-0.05, 0) is 72.6 Å².